The predicted octanol–water partition coefficient (Wildman–Crippen LogP) is 1.50. The van der Waals surface area contributed by atoms with E-state index in [2.05, 4.69) is 10.00 Å². The van der Waals surface area contributed by atoms with E-state index in [4.69, 9.17) is 0 Å². The van der Waals surface area contributed by atoms with Crippen LogP contribution in [0.4, 0.5) is 0 Å². The Morgan fingerprint density at radius 3 is 2.89 bits per heavy atom. The van der Waals surface area contributed by atoms with Gasteiger partial charge in [-0.25, -0.2) is 0 Å². The van der Waals surface area contributed by atoms with Crippen molar-refractivity contribution < 1.29 is 9.90 Å². The lowest BCUT2D eigenvalue weighted by Crippen LogP contribution is -2.53. The first-order chi connectivity index (χ1) is 8.40. The average molecular weight is 251 g/mol. The number of carbonyl (C=O) groups is 1. The Labute approximate surface area is 107 Å². The van der Waals surface area contributed by atoms with Crippen molar-refractivity contribution in [2.24, 2.45) is 12.5 Å². The summed E-state index contributed by atoms with van der Waals surface area (Å²) < 4.78 is 1.75. The second kappa shape index (κ2) is 4.72. The van der Waals surface area contributed by atoms with Crippen LogP contribution in [0.1, 0.15) is 32.3 Å². The molecule has 1 aromatic heterocycles. The van der Waals surface area contributed by atoms with Gasteiger partial charge in [0, 0.05) is 25.4 Å². The molecule has 100 valence electrons. The largest absolute Gasteiger partial charge is 0.480 e. The molecule has 5 heteroatoms. The van der Waals surface area contributed by atoms with E-state index >= 15 is 0 Å². The van der Waals surface area contributed by atoms with Gasteiger partial charge in [0.25, 0.3) is 0 Å². The van der Waals surface area contributed by atoms with Gasteiger partial charge in [0.1, 0.15) is 6.04 Å². The van der Waals surface area contributed by atoms with Crippen molar-refractivity contribution in [2.75, 3.05) is 6.54 Å². The van der Waals surface area contributed by atoms with Crippen LogP contribution in [0, 0.1) is 5.41 Å². The Morgan fingerprint density at radius 2 is 2.33 bits per heavy atom. The molecule has 1 aliphatic rings. The number of carboxylic acid groups (broad SMARTS) is 1. The van der Waals surface area contributed by atoms with Crippen LogP contribution < -0.4 is 0 Å². The van der Waals surface area contributed by atoms with Crippen molar-refractivity contribution in [3.8, 4) is 0 Å². The van der Waals surface area contributed by atoms with Crippen LogP contribution in [0.5, 0.6) is 0 Å². The van der Waals surface area contributed by atoms with E-state index in [-0.39, 0.29) is 5.41 Å². The van der Waals surface area contributed by atoms with E-state index in [1.807, 2.05) is 27.1 Å². The van der Waals surface area contributed by atoms with Crippen LogP contribution in [-0.2, 0) is 18.4 Å². The highest BCUT2D eigenvalue weighted by Gasteiger charge is 2.42. The molecule has 0 saturated carbocycles. The van der Waals surface area contributed by atoms with Gasteiger partial charge in [-0.2, -0.15) is 5.10 Å². The summed E-state index contributed by atoms with van der Waals surface area (Å²) in [4.78, 5) is 13.6. The average Bonchev–Trinajstić information content (AvgIpc) is 2.61. The minimum atomic E-state index is -0.719. The standard InChI is InChI=1S/C13H21N3O2/c1-13(2)5-4-6-16(11(13)12(17)18)9-10-7-14-15(3)8-10/h7-8,11H,4-6,9H2,1-3H3,(H,17,18). The molecule has 1 aliphatic heterocycles. The maximum atomic E-state index is 11.5. The third-order valence-corrected chi connectivity index (χ3v) is 3.75. The molecule has 1 fully saturated rings. The summed E-state index contributed by atoms with van der Waals surface area (Å²) in [5.74, 6) is -0.719. The van der Waals surface area contributed by atoms with Gasteiger partial charge < -0.3 is 5.11 Å². The number of aromatic nitrogens is 2. The summed E-state index contributed by atoms with van der Waals surface area (Å²) in [5, 5.41) is 13.6. The van der Waals surface area contributed by atoms with Gasteiger partial charge in [0.2, 0.25) is 0 Å². The monoisotopic (exact) mass is 251 g/mol. The maximum Gasteiger partial charge on any atom is 0.321 e. The lowest BCUT2D eigenvalue weighted by Gasteiger charge is -2.43. The Hall–Kier alpha value is -1.36. The van der Waals surface area contributed by atoms with Crippen LogP contribution in [0.3, 0.4) is 0 Å². The summed E-state index contributed by atoms with van der Waals surface area (Å²) in [6, 6.07) is -0.411. The number of carboxylic acids is 1. The minimum Gasteiger partial charge on any atom is -0.480 e. The molecule has 0 radical (unpaired) electrons. The van der Waals surface area contributed by atoms with Gasteiger partial charge >= 0.3 is 5.97 Å². The fourth-order valence-electron chi connectivity index (χ4n) is 2.95. The first kappa shape index (κ1) is 13.1. The Balaban J connectivity index is 2.17. The number of aryl methyl sites for hydroxylation is 1. The molecular formula is C13H21N3O2. The molecule has 1 saturated heterocycles. The topological polar surface area (TPSA) is 58.4 Å². The number of nitrogens with zero attached hydrogens (tertiary/aromatic N) is 3. The van der Waals surface area contributed by atoms with Crippen LogP contribution in [0.15, 0.2) is 12.4 Å². The molecule has 5 nitrogen and oxygen atoms in total. The van der Waals surface area contributed by atoms with Crippen molar-refractivity contribution in [1.29, 1.82) is 0 Å². The number of aliphatic carboxylic acids is 1. The second-order valence-electron chi connectivity index (χ2n) is 5.83. The molecule has 1 N–H and O–H groups in total. The zero-order valence-corrected chi connectivity index (χ0v) is 11.3. The van der Waals surface area contributed by atoms with E-state index in [1.54, 1.807) is 10.9 Å². The number of hydrogen-bond acceptors (Lipinski definition) is 3. The van der Waals surface area contributed by atoms with Crippen molar-refractivity contribution >= 4 is 5.97 Å². The summed E-state index contributed by atoms with van der Waals surface area (Å²) in [6.07, 6.45) is 5.77. The quantitative estimate of drug-likeness (QED) is 0.884. The number of likely N-dealkylation sites (tertiary alicyclic amines) is 1. The summed E-state index contributed by atoms with van der Waals surface area (Å²) in [6.45, 7) is 5.59. The molecule has 0 aliphatic carbocycles. The summed E-state index contributed by atoms with van der Waals surface area (Å²) >= 11 is 0. The SMILES string of the molecule is Cn1cc(CN2CCCC(C)(C)C2C(=O)O)cn1. The normalized spacial score (nSPS) is 24.1. The molecule has 0 amide bonds. The number of piperidine rings is 1. The molecule has 0 bridgehead atoms. The third kappa shape index (κ3) is 2.56. The van der Waals surface area contributed by atoms with Gasteiger partial charge in [-0.1, -0.05) is 13.8 Å². The zero-order valence-electron chi connectivity index (χ0n) is 11.3. The highest BCUT2D eigenvalue weighted by atomic mass is 16.4. The van der Waals surface area contributed by atoms with E-state index < -0.39 is 12.0 Å². The van der Waals surface area contributed by atoms with E-state index in [0.717, 1.165) is 24.9 Å². The van der Waals surface area contributed by atoms with Crippen LogP contribution >= 0.6 is 0 Å². The molecule has 0 aromatic carbocycles. The van der Waals surface area contributed by atoms with Crippen molar-refractivity contribution in [3.05, 3.63) is 18.0 Å². The van der Waals surface area contributed by atoms with Gasteiger partial charge in [-0.3, -0.25) is 14.4 Å². The molecular weight excluding hydrogens is 230 g/mol. The first-order valence-electron chi connectivity index (χ1n) is 6.34. The fraction of sp³-hybridized carbons (Fsp3) is 0.692. The predicted molar refractivity (Wildman–Crippen MR) is 68.1 cm³/mol. The fourth-order valence-corrected chi connectivity index (χ4v) is 2.95. The number of rotatable bonds is 3. The van der Waals surface area contributed by atoms with Crippen molar-refractivity contribution in [2.45, 2.75) is 39.3 Å². The van der Waals surface area contributed by atoms with Crippen molar-refractivity contribution in [3.63, 3.8) is 0 Å². The van der Waals surface area contributed by atoms with Gasteiger partial charge in [-0.15, -0.1) is 0 Å². The van der Waals surface area contributed by atoms with E-state index in [9.17, 15) is 9.90 Å². The molecule has 0 spiro atoms. The Kier molecular flexibility index (Phi) is 3.43. The van der Waals surface area contributed by atoms with Gasteiger partial charge in [0.05, 0.1) is 6.20 Å². The molecule has 1 aromatic rings. The highest BCUT2D eigenvalue weighted by Crippen LogP contribution is 2.35. The maximum absolute atomic E-state index is 11.5. The summed E-state index contributed by atoms with van der Waals surface area (Å²) in [5.41, 5.74) is 0.896. The van der Waals surface area contributed by atoms with Gasteiger partial charge in [-0.05, 0) is 24.8 Å². The number of hydrogen-bond donors (Lipinski definition) is 1. The second-order valence-corrected chi connectivity index (χ2v) is 5.83. The molecule has 2 heterocycles. The smallest absolute Gasteiger partial charge is 0.321 e. The Bertz CT molecular complexity index is 439. The van der Waals surface area contributed by atoms with Crippen LogP contribution in [0.25, 0.3) is 0 Å². The third-order valence-electron chi connectivity index (χ3n) is 3.75. The van der Waals surface area contributed by atoms with Crippen molar-refractivity contribution in [1.82, 2.24) is 14.7 Å². The molecule has 2 rings (SSSR count). The van der Waals surface area contributed by atoms with Crippen LogP contribution in [-0.4, -0.2) is 38.3 Å². The molecule has 18 heavy (non-hydrogen) atoms. The van der Waals surface area contributed by atoms with Gasteiger partial charge in [0.15, 0.2) is 0 Å². The van der Waals surface area contributed by atoms with Crippen LogP contribution in [0.2, 0.25) is 0 Å². The van der Waals surface area contributed by atoms with E-state index in [1.165, 1.54) is 0 Å². The Morgan fingerprint density at radius 1 is 1.61 bits per heavy atom. The molecule has 1 unspecified atom stereocenters. The minimum absolute atomic E-state index is 0.174. The highest BCUT2D eigenvalue weighted by molar-refractivity contribution is 5.74. The lowest BCUT2D eigenvalue weighted by atomic mass is 9.76. The van der Waals surface area contributed by atoms with E-state index in [0.29, 0.717) is 6.54 Å². The zero-order chi connectivity index (χ0) is 13.3. The molecule has 1 atom stereocenters. The lowest BCUT2D eigenvalue weighted by molar-refractivity contribution is -0.151. The first-order valence-corrected chi connectivity index (χ1v) is 6.34. The summed E-state index contributed by atoms with van der Waals surface area (Å²) in [7, 11) is 1.87.